The lowest BCUT2D eigenvalue weighted by molar-refractivity contribution is -0.275. The van der Waals surface area contributed by atoms with E-state index in [-0.39, 0.29) is 24.2 Å². The monoisotopic (exact) mass is 528 g/mol. The molecule has 0 bridgehead atoms. The third-order valence-electron chi connectivity index (χ3n) is 5.01. The van der Waals surface area contributed by atoms with Crippen molar-refractivity contribution >= 4 is 23.5 Å². The Balaban J connectivity index is 2.01. The number of alkyl halides is 6. The Morgan fingerprint density at radius 1 is 1.23 bits per heavy atom. The van der Waals surface area contributed by atoms with E-state index in [1.165, 1.54) is 6.92 Å². The molecule has 15 heteroatoms. The van der Waals surface area contributed by atoms with E-state index in [2.05, 4.69) is 20.4 Å². The average molecular weight is 529 g/mol. The van der Waals surface area contributed by atoms with Crippen LogP contribution in [0.25, 0.3) is 0 Å². The number of piperazine rings is 1. The number of nitrogens with one attached hydrogen (secondary N) is 2. The van der Waals surface area contributed by atoms with E-state index in [4.69, 9.17) is 11.6 Å². The van der Waals surface area contributed by atoms with Gasteiger partial charge in [-0.25, -0.2) is 14.2 Å². The number of halogens is 8. The lowest BCUT2D eigenvalue weighted by Gasteiger charge is -2.34. The molecule has 1 aromatic carbocycles. The van der Waals surface area contributed by atoms with E-state index >= 15 is 0 Å². The summed E-state index contributed by atoms with van der Waals surface area (Å²) in [5.41, 5.74) is -1.69. The number of amides is 3. The van der Waals surface area contributed by atoms with Gasteiger partial charge in [-0.1, -0.05) is 17.7 Å². The third kappa shape index (κ3) is 6.24. The lowest BCUT2D eigenvalue weighted by atomic mass is 9.99. The Bertz CT molecular complexity index is 1130. The highest BCUT2D eigenvalue weighted by molar-refractivity contribution is 6.31. The smallest absolute Gasteiger partial charge is 0.403 e. The van der Waals surface area contributed by atoms with Crippen molar-refractivity contribution in [2.45, 2.75) is 31.5 Å². The number of benzene rings is 1. The minimum Gasteiger partial charge on any atom is -0.403 e. The summed E-state index contributed by atoms with van der Waals surface area (Å²) in [5.74, 6) is -3.06. The average Bonchev–Trinajstić information content (AvgIpc) is 2.73. The molecule has 35 heavy (non-hydrogen) atoms. The molecule has 1 fully saturated rings. The topological polar surface area (TPSA) is 83.6 Å². The fraction of sp³-hybridized carbons (Fsp3) is 0.350. The van der Waals surface area contributed by atoms with E-state index in [0.717, 1.165) is 23.2 Å². The van der Waals surface area contributed by atoms with Gasteiger partial charge in [0.2, 0.25) is 5.91 Å². The van der Waals surface area contributed by atoms with Crippen LogP contribution in [0.4, 0.5) is 35.5 Å². The molecule has 1 aliphatic rings. The van der Waals surface area contributed by atoms with Gasteiger partial charge in [-0.2, -0.15) is 13.2 Å². The molecule has 0 saturated carbocycles. The molecule has 190 valence electrons. The van der Waals surface area contributed by atoms with Crippen LogP contribution in [0, 0.1) is 5.82 Å². The predicted octanol–water partition coefficient (Wildman–Crippen LogP) is 4.41. The summed E-state index contributed by atoms with van der Waals surface area (Å²) in [6.45, 7) is 1.65. The Morgan fingerprint density at radius 2 is 1.91 bits per heavy atom. The highest BCUT2D eigenvalue weighted by Gasteiger charge is 2.37. The molecule has 0 aliphatic carbocycles. The maximum atomic E-state index is 14.4. The van der Waals surface area contributed by atoms with Crippen molar-refractivity contribution in [3.63, 3.8) is 0 Å². The van der Waals surface area contributed by atoms with Gasteiger partial charge in [0.15, 0.2) is 17.3 Å². The maximum Gasteiger partial charge on any atom is 0.573 e. The minimum atomic E-state index is -5.17. The molecule has 2 N–H and O–H groups in total. The van der Waals surface area contributed by atoms with Crippen LogP contribution in [0.5, 0.6) is 5.75 Å². The molecule has 0 radical (unpaired) electrons. The van der Waals surface area contributed by atoms with Gasteiger partial charge in [0.25, 0.3) is 0 Å². The first kappa shape index (κ1) is 26.3. The Hall–Kier alpha value is -3.29. The van der Waals surface area contributed by atoms with Crippen LogP contribution in [0.3, 0.4) is 0 Å². The number of aromatic nitrogens is 1. The second-order valence-electron chi connectivity index (χ2n) is 7.38. The highest BCUT2D eigenvalue weighted by Crippen LogP contribution is 2.36. The van der Waals surface area contributed by atoms with E-state index in [1.807, 2.05) is 0 Å². The van der Waals surface area contributed by atoms with Crippen molar-refractivity contribution in [3.8, 4) is 5.75 Å². The first-order valence-corrected chi connectivity index (χ1v) is 10.2. The van der Waals surface area contributed by atoms with Gasteiger partial charge in [-0.3, -0.25) is 4.79 Å². The fourth-order valence-electron chi connectivity index (χ4n) is 3.35. The first-order valence-electron chi connectivity index (χ1n) is 9.80. The standard InChI is InChI=1S/C20H16ClF7N4O3/c1-9-17(33)29-4-5-32(9)18(34)31-15(11-6-12(21)16(30-8-11)19(23,24)25)10-2-3-14(13(22)7-10)35-20(26,27)28/h2-3,6-9,15H,4-5H2,1H3,(H,29,33)(H,31,34)/t9-,15?/m1/s1. The van der Waals surface area contributed by atoms with Crippen molar-refractivity contribution in [1.82, 2.24) is 20.5 Å². The molecular formula is C20H16ClF7N4O3. The van der Waals surface area contributed by atoms with Crippen molar-refractivity contribution in [3.05, 3.63) is 58.1 Å². The van der Waals surface area contributed by atoms with E-state index in [0.29, 0.717) is 12.1 Å². The van der Waals surface area contributed by atoms with Gasteiger partial charge in [0, 0.05) is 19.3 Å². The number of rotatable bonds is 4. The van der Waals surface area contributed by atoms with Crippen LogP contribution in [-0.4, -0.2) is 47.3 Å². The molecule has 3 rings (SSSR count). The first-order chi connectivity index (χ1) is 16.2. The van der Waals surface area contributed by atoms with Crippen molar-refractivity contribution in [1.29, 1.82) is 0 Å². The Kier molecular flexibility index (Phi) is 7.34. The summed E-state index contributed by atoms with van der Waals surface area (Å²) >= 11 is 5.72. The van der Waals surface area contributed by atoms with Gasteiger partial charge in [-0.05, 0) is 36.2 Å². The van der Waals surface area contributed by atoms with Gasteiger partial charge < -0.3 is 20.3 Å². The zero-order chi connectivity index (χ0) is 26.1. The van der Waals surface area contributed by atoms with Crippen molar-refractivity contribution < 1.29 is 45.1 Å². The fourth-order valence-corrected chi connectivity index (χ4v) is 3.63. The largest absolute Gasteiger partial charge is 0.573 e. The number of hydrogen-bond donors (Lipinski definition) is 2. The van der Waals surface area contributed by atoms with E-state index < -0.39 is 58.8 Å². The molecule has 1 aromatic heterocycles. The molecular weight excluding hydrogens is 513 g/mol. The quantitative estimate of drug-likeness (QED) is 0.576. The van der Waals surface area contributed by atoms with Gasteiger partial charge >= 0.3 is 18.6 Å². The highest BCUT2D eigenvalue weighted by atomic mass is 35.5. The summed E-state index contributed by atoms with van der Waals surface area (Å²) < 4.78 is 94.5. The third-order valence-corrected chi connectivity index (χ3v) is 5.29. The summed E-state index contributed by atoms with van der Waals surface area (Å²) in [6.07, 6.45) is -9.32. The molecule has 1 unspecified atom stereocenters. The molecule has 1 aliphatic heterocycles. The predicted molar refractivity (Wildman–Crippen MR) is 107 cm³/mol. The van der Waals surface area contributed by atoms with Crippen LogP contribution >= 0.6 is 11.6 Å². The Labute approximate surface area is 198 Å². The van der Waals surface area contributed by atoms with Gasteiger partial charge in [-0.15, -0.1) is 13.2 Å². The number of carbonyl (C=O) groups excluding carboxylic acids is 2. The van der Waals surface area contributed by atoms with Crippen molar-refractivity contribution in [2.75, 3.05) is 13.1 Å². The summed E-state index contributed by atoms with van der Waals surface area (Å²) in [5, 5.41) is 4.17. The molecule has 2 aromatic rings. The Morgan fingerprint density at radius 3 is 2.49 bits per heavy atom. The van der Waals surface area contributed by atoms with E-state index in [1.54, 1.807) is 0 Å². The zero-order valence-corrected chi connectivity index (χ0v) is 18.4. The number of carbonyl (C=O) groups is 2. The van der Waals surface area contributed by atoms with E-state index in [9.17, 15) is 40.3 Å². The number of pyridine rings is 1. The molecule has 7 nitrogen and oxygen atoms in total. The normalized spacial score (nSPS) is 17.6. The summed E-state index contributed by atoms with van der Waals surface area (Å²) in [4.78, 5) is 29.2. The second kappa shape index (κ2) is 9.76. The minimum absolute atomic E-state index is 0.0875. The van der Waals surface area contributed by atoms with Crippen molar-refractivity contribution in [2.24, 2.45) is 0 Å². The maximum absolute atomic E-state index is 14.4. The van der Waals surface area contributed by atoms with Crippen LogP contribution in [0.1, 0.15) is 29.8 Å². The summed E-state index contributed by atoms with van der Waals surface area (Å²) in [7, 11) is 0. The molecule has 2 heterocycles. The number of ether oxygens (including phenoxy) is 1. The molecule has 1 saturated heterocycles. The molecule has 2 atom stereocenters. The van der Waals surface area contributed by atoms with Gasteiger partial charge in [0.1, 0.15) is 6.04 Å². The molecule has 0 spiro atoms. The van der Waals surface area contributed by atoms with Crippen LogP contribution in [0.15, 0.2) is 30.5 Å². The SMILES string of the molecule is C[C@@H]1C(=O)NCCN1C(=O)NC(c1ccc(OC(F)(F)F)c(F)c1)c1cnc(C(F)(F)F)c(Cl)c1. The van der Waals surface area contributed by atoms with Crippen LogP contribution in [0.2, 0.25) is 5.02 Å². The zero-order valence-electron chi connectivity index (χ0n) is 17.6. The summed E-state index contributed by atoms with van der Waals surface area (Å²) in [6, 6.07) is -0.0688. The van der Waals surface area contributed by atoms with Crippen LogP contribution < -0.4 is 15.4 Å². The number of nitrogens with zero attached hydrogens (tertiary/aromatic N) is 2. The van der Waals surface area contributed by atoms with Crippen LogP contribution in [-0.2, 0) is 11.0 Å². The number of urea groups is 1. The lowest BCUT2D eigenvalue weighted by Crippen LogP contribution is -2.58. The van der Waals surface area contributed by atoms with Gasteiger partial charge in [0.05, 0.1) is 11.1 Å². The molecule has 3 amide bonds. The second-order valence-corrected chi connectivity index (χ2v) is 7.78. The number of hydrogen-bond acceptors (Lipinski definition) is 4.